The van der Waals surface area contributed by atoms with Crippen molar-refractivity contribution in [3.63, 3.8) is 0 Å². The van der Waals surface area contributed by atoms with E-state index in [1.54, 1.807) is 19.1 Å². The molecule has 1 amide bonds. The zero-order chi connectivity index (χ0) is 18.9. The number of ketones is 1. The minimum Gasteiger partial charge on any atom is -0.465 e. The van der Waals surface area contributed by atoms with Gasteiger partial charge in [-0.3, -0.25) is 19.3 Å². The number of rotatable bonds is 4. The lowest BCUT2D eigenvalue weighted by atomic mass is 9.78. The van der Waals surface area contributed by atoms with Gasteiger partial charge in [0.1, 0.15) is 0 Å². The van der Waals surface area contributed by atoms with E-state index in [2.05, 4.69) is 0 Å². The van der Waals surface area contributed by atoms with Crippen LogP contribution in [0.15, 0.2) is 54.6 Å². The molecule has 2 atom stereocenters. The Kier molecular flexibility index (Phi) is 4.64. The molecule has 134 valence electrons. The number of hydrogen-bond acceptors (Lipinski definition) is 4. The second-order valence-corrected chi connectivity index (χ2v) is 6.58. The molecule has 1 fully saturated rings. The number of ether oxygens (including phenoxy) is 1. The second-order valence-electron chi connectivity index (χ2n) is 6.58. The lowest BCUT2D eigenvalue weighted by molar-refractivity contribution is -0.159. The van der Waals surface area contributed by atoms with Gasteiger partial charge in [0, 0.05) is 5.69 Å². The number of esters is 1. The number of hydrogen-bond donors (Lipinski definition) is 0. The van der Waals surface area contributed by atoms with Crippen molar-refractivity contribution in [1.82, 2.24) is 0 Å². The molecular weight excluding hydrogens is 330 g/mol. The van der Waals surface area contributed by atoms with E-state index in [9.17, 15) is 14.4 Å². The van der Waals surface area contributed by atoms with E-state index in [0.717, 1.165) is 5.56 Å². The highest BCUT2D eigenvalue weighted by Crippen LogP contribution is 2.48. The van der Waals surface area contributed by atoms with Crippen LogP contribution in [-0.4, -0.2) is 24.3 Å². The molecule has 1 saturated heterocycles. The van der Waals surface area contributed by atoms with Crippen LogP contribution in [0.2, 0.25) is 0 Å². The van der Waals surface area contributed by atoms with Gasteiger partial charge in [-0.25, -0.2) is 0 Å². The van der Waals surface area contributed by atoms with Crippen molar-refractivity contribution in [2.45, 2.75) is 26.8 Å². The molecule has 1 heterocycles. The Labute approximate surface area is 152 Å². The van der Waals surface area contributed by atoms with Gasteiger partial charge in [0.25, 0.3) is 5.91 Å². The fourth-order valence-corrected chi connectivity index (χ4v) is 3.41. The molecule has 2 aromatic rings. The van der Waals surface area contributed by atoms with Crippen molar-refractivity contribution in [3.05, 3.63) is 65.7 Å². The fraction of sp³-hybridized carbons (Fsp3) is 0.286. The van der Waals surface area contributed by atoms with Gasteiger partial charge in [0.2, 0.25) is 5.78 Å². The summed E-state index contributed by atoms with van der Waals surface area (Å²) in [6.45, 7) is 5.26. The highest BCUT2D eigenvalue weighted by Gasteiger charge is 2.62. The van der Waals surface area contributed by atoms with Gasteiger partial charge in [-0.05, 0) is 38.5 Å². The minimum atomic E-state index is -1.60. The summed E-state index contributed by atoms with van der Waals surface area (Å²) in [4.78, 5) is 39.9. The summed E-state index contributed by atoms with van der Waals surface area (Å²) in [5.41, 5.74) is 0.731. The molecule has 0 unspecified atom stereocenters. The van der Waals surface area contributed by atoms with E-state index in [-0.39, 0.29) is 6.61 Å². The zero-order valence-electron chi connectivity index (χ0n) is 15.1. The maximum absolute atomic E-state index is 12.9. The zero-order valence-corrected chi connectivity index (χ0v) is 15.1. The summed E-state index contributed by atoms with van der Waals surface area (Å²) in [6, 6.07) is 15.7. The third kappa shape index (κ3) is 2.69. The summed E-state index contributed by atoms with van der Waals surface area (Å²) in [6.07, 6.45) is 0. The molecule has 0 spiro atoms. The topological polar surface area (TPSA) is 63.7 Å². The molecular formula is C21H21NO4. The van der Waals surface area contributed by atoms with Crippen LogP contribution in [0.1, 0.15) is 31.0 Å². The van der Waals surface area contributed by atoms with Gasteiger partial charge >= 0.3 is 5.97 Å². The van der Waals surface area contributed by atoms with Crippen LogP contribution in [0, 0.1) is 12.3 Å². The van der Waals surface area contributed by atoms with Crippen molar-refractivity contribution in [3.8, 4) is 0 Å². The predicted molar refractivity (Wildman–Crippen MR) is 97.6 cm³/mol. The molecule has 26 heavy (non-hydrogen) atoms. The van der Waals surface area contributed by atoms with E-state index < -0.39 is 29.1 Å². The van der Waals surface area contributed by atoms with Crippen molar-refractivity contribution < 1.29 is 19.1 Å². The third-order valence-corrected chi connectivity index (χ3v) is 4.82. The standard InChI is InChI=1S/C21H21NO4/c1-4-26-20(25)21(3)17(15-8-6-5-7-9-15)22(19(24)18(21)23)16-12-10-14(2)11-13-16/h5-13,17H,4H2,1-3H3/t17-,21-/m1/s1. The number of aryl methyl sites for hydroxylation is 1. The Hall–Kier alpha value is -2.95. The number of anilines is 1. The Morgan fingerprint density at radius 3 is 2.27 bits per heavy atom. The van der Waals surface area contributed by atoms with Crippen molar-refractivity contribution in [1.29, 1.82) is 0 Å². The lowest BCUT2D eigenvalue weighted by Gasteiger charge is -2.32. The molecule has 1 aliphatic rings. The van der Waals surface area contributed by atoms with Crippen molar-refractivity contribution in [2.75, 3.05) is 11.5 Å². The average molecular weight is 351 g/mol. The first-order valence-electron chi connectivity index (χ1n) is 8.58. The Morgan fingerprint density at radius 1 is 1.08 bits per heavy atom. The van der Waals surface area contributed by atoms with Crippen molar-refractivity contribution >= 4 is 23.3 Å². The van der Waals surface area contributed by atoms with Crippen LogP contribution in [-0.2, 0) is 19.1 Å². The van der Waals surface area contributed by atoms with Crippen LogP contribution >= 0.6 is 0 Å². The Morgan fingerprint density at radius 2 is 1.69 bits per heavy atom. The molecule has 0 aliphatic carbocycles. The van der Waals surface area contributed by atoms with Gasteiger partial charge in [-0.15, -0.1) is 0 Å². The van der Waals surface area contributed by atoms with Crippen LogP contribution < -0.4 is 4.90 Å². The number of nitrogens with zero attached hydrogens (tertiary/aromatic N) is 1. The van der Waals surface area contributed by atoms with Gasteiger partial charge < -0.3 is 4.74 Å². The summed E-state index contributed by atoms with van der Waals surface area (Å²) in [5, 5.41) is 0. The van der Waals surface area contributed by atoms with Gasteiger partial charge in [0.15, 0.2) is 5.41 Å². The fourth-order valence-electron chi connectivity index (χ4n) is 3.41. The first-order valence-corrected chi connectivity index (χ1v) is 8.58. The summed E-state index contributed by atoms with van der Waals surface area (Å²) in [7, 11) is 0. The predicted octanol–water partition coefficient (Wildman–Crippen LogP) is 3.22. The molecule has 0 bridgehead atoms. The molecule has 5 heteroatoms. The van der Waals surface area contributed by atoms with Crippen LogP contribution in [0.25, 0.3) is 0 Å². The molecule has 0 N–H and O–H groups in total. The average Bonchev–Trinajstić information content (AvgIpc) is 2.85. The Bertz CT molecular complexity index is 844. The van der Waals surface area contributed by atoms with Crippen molar-refractivity contribution in [2.24, 2.45) is 5.41 Å². The third-order valence-electron chi connectivity index (χ3n) is 4.82. The van der Waals surface area contributed by atoms with E-state index >= 15 is 0 Å². The summed E-state index contributed by atoms with van der Waals surface area (Å²) < 4.78 is 5.16. The number of benzene rings is 2. The second kappa shape index (κ2) is 6.75. The number of carbonyl (C=O) groups excluding carboxylic acids is 3. The monoisotopic (exact) mass is 351 g/mol. The minimum absolute atomic E-state index is 0.141. The maximum Gasteiger partial charge on any atom is 0.322 e. The molecule has 3 rings (SSSR count). The molecule has 2 aromatic carbocycles. The van der Waals surface area contributed by atoms with Gasteiger partial charge in [-0.2, -0.15) is 0 Å². The first kappa shape index (κ1) is 17.9. The molecule has 0 saturated carbocycles. The smallest absolute Gasteiger partial charge is 0.322 e. The molecule has 5 nitrogen and oxygen atoms in total. The maximum atomic E-state index is 12.9. The molecule has 1 aliphatic heterocycles. The summed E-state index contributed by atoms with van der Waals surface area (Å²) in [5.74, 6) is -2.12. The highest BCUT2D eigenvalue weighted by atomic mass is 16.5. The van der Waals surface area contributed by atoms with Gasteiger partial charge in [0.05, 0.1) is 12.6 Å². The summed E-state index contributed by atoms with van der Waals surface area (Å²) >= 11 is 0. The van der Waals surface area contributed by atoms with E-state index in [4.69, 9.17) is 4.74 Å². The van der Waals surface area contributed by atoms with Crippen LogP contribution in [0.4, 0.5) is 5.69 Å². The number of carbonyl (C=O) groups is 3. The Balaban J connectivity index is 2.19. The molecule has 0 radical (unpaired) electrons. The van der Waals surface area contributed by atoms with Crippen LogP contribution in [0.3, 0.4) is 0 Å². The SMILES string of the molecule is CCOC(=O)[C@@]1(C)C(=O)C(=O)N(c2ccc(C)cc2)[C@@H]1c1ccccc1. The normalized spacial score (nSPS) is 22.6. The number of Topliss-reactive ketones (excluding diaryl/α,β-unsaturated/α-hetero) is 1. The lowest BCUT2D eigenvalue weighted by Crippen LogP contribution is -2.40. The van der Waals surface area contributed by atoms with E-state index in [1.807, 2.05) is 49.4 Å². The van der Waals surface area contributed by atoms with E-state index in [0.29, 0.717) is 11.3 Å². The highest BCUT2D eigenvalue weighted by molar-refractivity contribution is 6.49. The van der Waals surface area contributed by atoms with Gasteiger partial charge in [-0.1, -0.05) is 48.0 Å². The number of amides is 1. The van der Waals surface area contributed by atoms with E-state index in [1.165, 1.54) is 11.8 Å². The van der Waals surface area contributed by atoms with Crippen LogP contribution in [0.5, 0.6) is 0 Å². The largest absolute Gasteiger partial charge is 0.465 e. The molecule has 0 aromatic heterocycles. The quantitative estimate of drug-likeness (QED) is 0.482. The first-order chi connectivity index (χ1) is 12.4.